The van der Waals surface area contributed by atoms with Gasteiger partial charge in [-0.3, -0.25) is 4.90 Å². The van der Waals surface area contributed by atoms with Gasteiger partial charge in [0, 0.05) is 50.3 Å². The van der Waals surface area contributed by atoms with E-state index in [-0.39, 0.29) is 0 Å². The maximum atomic E-state index is 9.10. The van der Waals surface area contributed by atoms with Crippen LogP contribution in [0.15, 0.2) is 41.8 Å². The molecule has 2 heterocycles. The second-order valence-corrected chi connectivity index (χ2v) is 8.40. The summed E-state index contributed by atoms with van der Waals surface area (Å²) >= 11 is 1.83. The zero-order chi connectivity index (χ0) is 24.1. The smallest absolute Gasteiger partial charge is 0.414 e. The molecule has 3 rings (SSSR count). The van der Waals surface area contributed by atoms with Gasteiger partial charge in [0.25, 0.3) is 0 Å². The van der Waals surface area contributed by atoms with E-state index in [1.807, 2.05) is 18.4 Å². The van der Waals surface area contributed by atoms with Crippen LogP contribution in [-0.4, -0.2) is 73.5 Å². The monoisotopic (exact) mass is 474 g/mol. The molecule has 9 nitrogen and oxygen atoms in total. The minimum Gasteiger partial charge on any atom is -0.473 e. The standard InChI is InChI=1S/C21H28N4OS.C2H2O4/c1-24(10-3-9-22)19-7-5-18(6-8-19)16-23-17-20(21-4-2-15-27-21)25-11-13-26-14-12-25;3-1(4)2(5)6/h2,4-8,15,20,23H,3,10-14,16-17H2,1H3;(H,3,4)(H,5,6). The van der Waals surface area contributed by atoms with Crippen molar-refractivity contribution in [3.8, 4) is 6.07 Å². The molecule has 1 fully saturated rings. The number of nitrogens with one attached hydrogen (secondary N) is 1. The van der Waals surface area contributed by atoms with Crippen molar-refractivity contribution in [2.75, 3.05) is 51.3 Å². The topological polar surface area (TPSA) is 126 Å². The van der Waals surface area contributed by atoms with E-state index in [9.17, 15) is 0 Å². The van der Waals surface area contributed by atoms with E-state index in [0.717, 1.165) is 51.6 Å². The fourth-order valence-electron chi connectivity index (χ4n) is 3.35. The van der Waals surface area contributed by atoms with Gasteiger partial charge in [-0.05, 0) is 29.1 Å². The lowest BCUT2D eigenvalue weighted by Gasteiger charge is -2.34. The molecule has 2 aromatic rings. The Morgan fingerprint density at radius 2 is 1.88 bits per heavy atom. The second-order valence-electron chi connectivity index (χ2n) is 7.42. The third-order valence-corrected chi connectivity index (χ3v) is 6.12. The Balaban J connectivity index is 0.000000569. The van der Waals surface area contributed by atoms with Crippen LogP contribution in [0, 0.1) is 11.3 Å². The van der Waals surface area contributed by atoms with Crippen LogP contribution in [-0.2, 0) is 20.9 Å². The Labute approximate surface area is 197 Å². The lowest BCUT2D eigenvalue weighted by atomic mass is 10.1. The van der Waals surface area contributed by atoms with E-state index in [1.54, 1.807) is 0 Å². The number of carbonyl (C=O) groups is 2. The Bertz CT molecular complexity index is 881. The molecule has 0 spiro atoms. The van der Waals surface area contributed by atoms with E-state index >= 15 is 0 Å². The van der Waals surface area contributed by atoms with Crippen LogP contribution in [0.25, 0.3) is 0 Å². The maximum absolute atomic E-state index is 9.10. The molecule has 178 valence electrons. The zero-order valence-electron chi connectivity index (χ0n) is 18.6. The number of ether oxygens (including phenoxy) is 1. The van der Waals surface area contributed by atoms with Gasteiger partial charge in [0.15, 0.2) is 0 Å². The fourth-order valence-corrected chi connectivity index (χ4v) is 4.21. The first-order chi connectivity index (χ1) is 15.9. The second kappa shape index (κ2) is 14.2. The highest BCUT2D eigenvalue weighted by atomic mass is 32.1. The molecule has 33 heavy (non-hydrogen) atoms. The Morgan fingerprint density at radius 3 is 2.42 bits per heavy atom. The van der Waals surface area contributed by atoms with Crippen molar-refractivity contribution in [3.05, 3.63) is 52.2 Å². The van der Waals surface area contributed by atoms with Crippen LogP contribution in [0.3, 0.4) is 0 Å². The molecule has 0 aliphatic carbocycles. The Kier molecular flexibility index (Phi) is 11.3. The molecule has 0 saturated carbocycles. The highest BCUT2D eigenvalue weighted by molar-refractivity contribution is 7.10. The van der Waals surface area contributed by atoms with Crippen molar-refractivity contribution >= 4 is 29.0 Å². The van der Waals surface area contributed by atoms with Crippen molar-refractivity contribution < 1.29 is 24.5 Å². The number of hydrogen-bond donors (Lipinski definition) is 3. The Hall–Kier alpha value is -2.97. The number of aliphatic carboxylic acids is 2. The van der Waals surface area contributed by atoms with Crippen LogP contribution < -0.4 is 10.2 Å². The molecule has 0 radical (unpaired) electrons. The highest BCUT2D eigenvalue weighted by Crippen LogP contribution is 2.25. The molecule has 1 aromatic carbocycles. The summed E-state index contributed by atoms with van der Waals surface area (Å²) in [5, 5.41) is 29.3. The highest BCUT2D eigenvalue weighted by Gasteiger charge is 2.23. The predicted molar refractivity (Wildman–Crippen MR) is 126 cm³/mol. The largest absolute Gasteiger partial charge is 0.473 e. The molecule has 1 aromatic heterocycles. The molecule has 0 bridgehead atoms. The molecule has 1 aliphatic rings. The van der Waals surface area contributed by atoms with Gasteiger partial charge in [-0.2, -0.15) is 5.26 Å². The van der Waals surface area contributed by atoms with Crippen molar-refractivity contribution in [2.45, 2.75) is 19.0 Å². The van der Waals surface area contributed by atoms with E-state index in [1.165, 1.54) is 10.4 Å². The summed E-state index contributed by atoms with van der Waals surface area (Å²) in [6, 6.07) is 15.6. The number of anilines is 1. The van der Waals surface area contributed by atoms with E-state index < -0.39 is 11.9 Å². The van der Waals surface area contributed by atoms with Crippen LogP contribution in [0.4, 0.5) is 5.69 Å². The number of hydrogen-bond acceptors (Lipinski definition) is 8. The lowest BCUT2D eigenvalue weighted by molar-refractivity contribution is -0.159. The molecular weight excluding hydrogens is 444 g/mol. The third-order valence-electron chi connectivity index (χ3n) is 5.14. The maximum Gasteiger partial charge on any atom is 0.414 e. The van der Waals surface area contributed by atoms with Crippen LogP contribution in [0.5, 0.6) is 0 Å². The summed E-state index contributed by atoms with van der Waals surface area (Å²) in [7, 11) is 2.03. The normalized spacial score (nSPS) is 14.4. The minimum absolute atomic E-state index is 0.408. The Morgan fingerprint density at radius 1 is 1.21 bits per heavy atom. The molecule has 0 amide bonds. The van der Waals surface area contributed by atoms with Gasteiger partial charge in [-0.15, -0.1) is 11.3 Å². The molecule has 1 aliphatic heterocycles. The number of morpholine rings is 1. The third kappa shape index (κ3) is 9.19. The van der Waals surface area contributed by atoms with Crippen molar-refractivity contribution in [1.82, 2.24) is 10.2 Å². The van der Waals surface area contributed by atoms with Crippen molar-refractivity contribution in [3.63, 3.8) is 0 Å². The van der Waals surface area contributed by atoms with E-state index in [0.29, 0.717) is 12.5 Å². The molecule has 1 unspecified atom stereocenters. The first-order valence-corrected chi connectivity index (χ1v) is 11.5. The molecular formula is C23H30N4O5S. The summed E-state index contributed by atoms with van der Waals surface area (Å²) < 4.78 is 5.52. The SMILES string of the molecule is CN(CCC#N)c1ccc(CNCC(c2cccs2)N2CCOCC2)cc1.O=C(O)C(=O)O. The summed E-state index contributed by atoms with van der Waals surface area (Å²) in [5.41, 5.74) is 2.43. The fraction of sp³-hybridized carbons (Fsp3) is 0.435. The summed E-state index contributed by atoms with van der Waals surface area (Å²) in [6.45, 7) is 6.18. The van der Waals surface area contributed by atoms with E-state index in [4.69, 9.17) is 29.8 Å². The van der Waals surface area contributed by atoms with Gasteiger partial charge >= 0.3 is 11.9 Å². The molecule has 1 atom stereocenters. The van der Waals surface area contributed by atoms with Gasteiger partial charge in [0.05, 0.1) is 31.7 Å². The average molecular weight is 475 g/mol. The predicted octanol–water partition coefficient (Wildman–Crippen LogP) is 2.42. The van der Waals surface area contributed by atoms with Crippen molar-refractivity contribution in [2.24, 2.45) is 0 Å². The van der Waals surface area contributed by atoms with Crippen LogP contribution in [0.1, 0.15) is 22.9 Å². The summed E-state index contributed by atoms with van der Waals surface area (Å²) in [4.78, 5) is 24.3. The molecule has 1 saturated heterocycles. The van der Waals surface area contributed by atoms with Crippen LogP contribution in [0.2, 0.25) is 0 Å². The number of nitriles is 1. The van der Waals surface area contributed by atoms with Gasteiger partial charge in [0.1, 0.15) is 0 Å². The van der Waals surface area contributed by atoms with E-state index in [2.05, 4.69) is 63.0 Å². The first kappa shape index (κ1) is 26.3. The number of nitrogens with zero attached hydrogens (tertiary/aromatic N) is 3. The number of benzene rings is 1. The van der Waals surface area contributed by atoms with Gasteiger partial charge in [0.2, 0.25) is 0 Å². The number of carboxylic acids is 2. The minimum atomic E-state index is -1.82. The van der Waals surface area contributed by atoms with Gasteiger partial charge in [-0.25, -0.2) is 9.59 Å². The molecule has 10 heteroatoms. The van der Waals surface area contributed by atoms with Gasteiger partial charge in [-0.1, -0.05) is 18.2 Å². The average Bonchev–Trinajstić information content (AvgIpc) is 3.36. The first-order valence-electron chi connectivity index (χ1n) is 10.6. The summed E-state index contributed by atoms with van der Waals surface area (Å²) in [5.74, 6) is -3.65. The number of rotatable bonds is 9. The summed E-state index contributed by atoms with van der Waals surface area (Å²) in [6.07, 6.45) is 0.547. The number of carboxylic acid groups (broad SMARTS) is 2. The zero-order valence-corrected chi connectivity index (χ0v) is 19.5. The van der Waals surface area contributed by atoms with Crippen molar-refractivity contribution in [1.29, 1.82) is 5.26 Å². The lowest BCUT2D eigenvalue weighted by Crippen LogP contribution is -2.42. The van der Waals surface area contributed by atoms with Gasteiger partial charge < -0.3 is 25.2 Å². The quantitative estimate of drug-likeness (QED) is 0.470. The number of thiophene rings is 1. The van der Waals surface area contributed by atoms with Crippen LogP contribution >= 0.6 is 11.3 Å². The molecule has 3 N–H and O–H groups in total.